The lowest BCUT2D eigenvalue weighted by Crippen LogP contribution is -2.50. The minimum atomic E-state index is -1.55. The van der Waals surface area contributed by atoms with Crippen molar-refractivity contribution in [3.05, 3.63) is 80.8 Å². The molecular formula is C25H21ClN4O2. The summed E-state index contributed by atoms with van der Waals surface area (Å²) in [5.41, 5.74) is 9.90. The highest BCUT2D eigenvalue weighted by molar-refractivity contribution is 6.31. The van der Waals surface area contributed by atoms with Gasteiger partial charge in [-0.05, 0) is 50.5 Å². The molecule has 2 aromatic rings. The highest BCUT2D eigenvalue weighted by atomic mass is 35.5. The fourth-order valence-electron chi connectivity index (χ4n) is 5.20. The molecule has 0 fully saturated rings. The van der Waals surface area contributed by atoms with Gasteiger partial charge in [0.25, 0.3) is 0 Å². The number of benzene rings is 2. The molecule has 3 N–H and O–H groups in total. The smallest absolute Gasteiger partial charge is 0.245 e. The quantitative estimate of drug-likeness (QED) is 0.680. The molecule has 1 spiro atoms. The lowest BCUT2D eigenvalue weighted by atomic mass is 9.63. The highest BCUT2D eigenvalue weighted by Crippen LogP contribution is 2.55. The first-order chi connectivity index (χ1) is 15.3. The third-order valence-corrected chi connectivity index (χ3v) is 6.83. The molecule has 0 unspecified atom stereocenters. The number of amides is 1. The first-order valence-corrected chi connectivity index (χ1v) is 10.8. The largest absolute Gasteiger partial charge is 0.384 e. The zero-order valence-corrected chi connectivity index (χ0v) is 18.5. The number of fused-ring (bicyclic) bond motifs is 3. The second-order valence-corrected chi connectivity index (χ2v) is 8.93. The van der Waals surface area contributed by atoms with Crippen molar-refractivity contribution in [2.24, 2.45) is 5.73 Å². The van der Waals surface area contributed by atoms with E-state index in [0.29, 0.717) is 52.5 Å². The maximum Gasteiger partial charge on any atom is 0.245 e. The number of halogens is 1. The van der Waals surface area contributed by atoms with Gasteiger partial charge >= 0.3 is 0 Å². The van der Waals surface area contributed by atoms with E-state index in [1.807, 2.05) is 38.1 Å². The number of nitrogens with zero attached hydrogens (tertiary/aromatic N) is 2. The molecular weight excluding hydrogens is 424 g/mol. The number of carbonyl (C=O) groups excluding carboxylic acids is 2. The van der Waals surface area contributed by atoms with Crippen LogP contribution in [0, 0.1) is 25.2 Å². The summed E-state index contributed by atoms with van der Waals surface area (Å²) in [7, 11) is 0. The predicted molar refractivity (Wildman–Crippen MR) is 123 cm³/mol. The van der Waals surface area contributed by atoms with Crippen LogP contribution in [0.2, 0.25) is 5.02 Å². The van der Waals surface area contributed by atoms with Gasteiger partial charge in [-0.1, -0.05) is 35.4 Å². The fraction of sp³-hybridized carbons (Fsp3) is 0.240. The Bertz CT molecular complexity index is 1330. The van der Waals surface area contributed by atoms with Gasteiger partial charge in [0.2, 0.25) is 5.91 Å². The van der Waals surface area contributed by atoms with Gasteiger partial charge in [0.1, 0.15) is 17.3 Å². The second-order valence-electron chi connectivity index (χ2n) is 8.49. The zero-order valence-electron chi connectivity index (χ0n) is 17.8. The Morgan fingerprint density at radius 2 is 1.94 bits per heavy atom. The van der Waals surface area contributed by atoms with Crippen molar-refractivity contribution in [3.63, 3.8) is 0 Å². The van der Waals surface area contributed by atoms with E-state index in [1.165, 1.54) is 0 Å². The normalized spacial score (nSPS) is 22.1. The molecule has 3 aliphatic rings. The van der Waals surface area contributed by atoms with Crippen LogP contribution in [0.3, 0.4) is 0 Å². The molecule has 160 valence electrons. The van der Waals surface area contributed by atoms with E-state index in [0.717, 1.165) is 11.1 Å². The lowest BCUT2D eigenvalue weighted by Gasteiger charge is -2.44. The molecule has 1 aliphatic carbocycles. The summed E-state index contributed by atoms with van der Waals surface area (Å²) >= 11 is 6.29. The third-order valence-electron chi connectivity index (χ3n) is 6.59. The number of hydrogen-bond acceptors (Lipinski definition) is 5. The average Bonchev–Trinajstić information content (AvgIpc) is 3.03. The minimum absolute atomic E-state index is 0.0627. The number of nitrogens with one attached hydrogen (secondary N) is 1. The van der Waals surface area contributed by atoms with Gasteiger partial charge in [-0.15, -0.1) is 0 Å². The van der Waals surface area contributed by atoms with Crippen LogP contribution in [0.1, 0.15) is 36.0 Å². The standard InChI is InChI=1S/C25H21ClN4O2/c1-13-6-9-18-16(10-13)25(24(32)29-18)17(12-27)23(28)30(19-4-3-5-21(31)22(19)25)20-11-15(26)8-7-14(20)2/h6-11H,3-5,28H2,1-2H3,(H,29,32)/t25-/m0/s1. The van der Waals surface area contributed by atoms with Crippen molar-refractivity contribution in [1.82, 2.24) is 0 Å². The van der Waals surface area contributed by atoms with Crippen molar-refractivity contribution in [3.8, 4) is 6.07 Å². The molecule has 1 amide bonds. The molecule has 0 saturated heterocycles. The van der Waals surface area contributed by atoms with Crippen LogP contribution in [-0.4, -0.2) is 11.7 Å². The van der Waals surface area contributed by atoms with E-state index in [2.05, 4.69) is 11.4 Å². The maximum absolute atomic E-state index is 13.6. The molecule has 2 aliphatic heterocycles. The number of rotatable bonds is 1. The number of hydrogen-bond donors (Lipinski definition) is 2. The van der Waals surface area contributed by atoms with Crippen LogP contribution in [0.25, 0.3) is 0 Å². The fourth-order valence-corrected chi connectivity index (χ4v) is 5.37. The summed E-state index contributed by atoms with van der Waals surface area (Å²) in [6, 6.07) is 13.2. The number of nitriles is 1. The lowest BCUT2D eigenvalue weighted by molar-refractivity contribution is -0.122. The van der Waals surface area contributed by atoms with Gasteiger partial charge in [-0.25, -0.2) is 0 Å². The van der Waals surface area contributed by atoms with E-state index < -0.39 is 11.3 Å². The van der Waals surface area contributed by atoms with Gasteiger partial charge in [0.05, 0.1) is 11.3 Å². The monoisotopic (exact) mass is 444 g/mol. The Kier molecular flexibility index (Phi) is 4.44. The maximum atomic E-state index is 13.6. The van der Waals surface area contributed by atoms with Crippen molar-refractivity contribution in [1.29, 1.82) is 5.26 Å². The molecule has 0 saturated carbocycles. The second kappa shape index (κ2) is 6.98. The Hall–Kier alpha value is -3.56. The van der Waals surface area contributed by atoms with E-state index in [9.17, 15) is 14.9 Å². The van der Waals surface area contributed by atoms with E-state index in [1.54, 1.807) is 17.0 Å². The number of ketones is 1. The third kappa shape index (κ3) is 2.52. The Morgan fingerprint density at radius 3 is 2.69 bits per heavy atom. The Morgan fingerprint density at radius 1 is 1.16 bits per heavy atom. The number of anilines is 2. The highest BCUT2D eigenvalue weighted by Gasteiger charge is 2.60. The van der Waals surface area contributed by atoms with E-state index >= 15 is 0 Å². The molecule has 0 bridgehead atoms. The molecule has 2 aromatic carbocycles. The number of Topliss-reactive ketones (excluding diaryl/α,β-unsaturated/α-hetero) is 1. The summed E-state index contributed by atoms with van der Waals surface area (Å²) in [6.45, 7) is 3.83. The number of allylic oxidation sites excluding steroid dienone is 1. The topological polar surface area (TPSA) is 99.2 Å². The summed E-state index contributed by atoms with van der Waals surface area (Å²) in [6.07, 6.45) is 1.51. The van der Waals surface area contributed by atoms with E-state index in [4.69, 9.17) is 17.3 Å². The molecule has 1 atom stereocenters. The number of aryl methyl sites for hydroxylation is 2. The first-order valence-electron chi connectivity index (χ1n) is 10.5. The van der Waals surface area contributed by atoms with E-state index in [-0.39, 0.29) is 17.2 Å². The predicted octanol–water partition coefficient (Wildman–Crippen LogP) is 4.37. The molecule has 7 heteroatoms. The molecule has 0 radical (unpaired) electrons. The summed E-state index contributed by atoms with van der Waals surface area (Å²) < 4.78 is 0. The van der Waals surface area contributed by atoms with Crippen LogP contribution >= 0.6 is 11.6 Å². The zero-order chi connectivity index (χ0) is 22.8. The van der Waals surface area contributed by atoms with Gasteiger partial charge in [-0.3, -0.25) is 14.5 Å². The number of carbonyl (C=O) groups is 2. The summed E-state index contributed by atoms with van der Waals surface area (Å²) in [5.74, 6) is -0.403. The molecule has 0 aromatic heterocycles. The van der Waals surface area contributed by atoms with Gasteiger partial charge in [0.15, 0.2) is 5.78 Å². The van der Waals surface area contributed by atoms with Gasteiger partial charge in [-0.2, -0.15) is 5.26 Å². The van der Waals surface area contributed by atoms with Crippen molar-refractivity contribution >= 4 is 34.7 Å². The minimum Gasteiger partial charge on any atom is -0.384 e. The molecule has 5 rings (SSSR count). The molecule has 2 heterocycles. The van der Waals surface area contributed by atoms with Crippen LogP contribution < -0.4 is 16.0 Å². The van der Waals surface area contributed by atoms with Crippen LogP contribution in [0.15, 0.2) is 59.1 Å². The van der Waals surface area contributed by atoms with Crippen LogP contribution in [0.5, 0.6) is 0 Å². The summed E-state index contributed by atoms with van der Waals surface area (Å²) in [4.78, 5) is 28.8. The van der Waals surface area contributed by atoms with Crippen LogP contribution in [-0.2, 0) is 15.0 Å². The first kappa shape index (κ1) is 20.3. The Labute approximate surface area is 191 Å². The molecule has 6 nitrogen and oxygen atoms in total. The van der Waals surface area contributed by atoms with Crippen molar-refractivity contribution < 1.29 is 9.59 Å². The van der Waals surface area contributed by atoms with Crippen molar-refractivity contribution in [2.75, 3.05) is 10.2 Å². The Balaban J connectivity index is 1.91. The summed E-state index contributed by atoms with van der Waals surface area (Å²) in [5, 5.41) is 13.7. The van der Waals surface area contributed by atoms with Gasteiger partial charge in [0, 0.05) is 34.0 Å². The van der Waals surface area contributed by atoms with Gasteiger partial charge < -0.3 is 11.1 Å². The molecule has 32 heavy (non-hydrogen) atoms. The van der Waals surface area contributed by atoms with Crippen LogP contribution in [0.4, 0.5) is 11.4 Å². The SMILES string of the molecule is Cc1ccc2c(c1)[C@]1(C(=O)N2)C(C#N)=C(N)N(c2cc(Cl)ccc2C)C2=C1C(=O)CCC2. The number of nitrogens with two attached hydrogens (primary N) is 1. The average molecular weight is 445 g/mol. The van der Waals surface area contributed by atoms with Crippen molar-refractivity contribution in [2.45, 2.75) is 38.5 Å².